The number of benzene rings is 3. The molecule has 3 aromatic carbocycles. The molecular formula is C25H24N2O5. The molecule has 4 rings (SSSR count). The highest BCUT2D eigenvalue weighted by Crippen LogP contribution is 2.25. The van der Waals surface area contributed by atoms with Gasteiger partial charge in [-0.3, -0.25) is 9.59 Å². The maximum Gasteiger partial charge on any atom is 0.335 e. The van der Waals surface area contributed by atoms with Gasteiger partial charge in [-0.2, -0.15) is 0 Å². The van der Waals surface area contributed by atoms with Crippen LogP contribution in [0, 0.1) is 0 Å². The number of piperazine rings is 1. The number of carboxylic acids is 1. The lowest BCUT2D eigenvalue weighted by Crippen LogP contribution is -2.50. The standard InChI is InChI=1S/C25H24N2O5/c28-23(12-17-32-22-7-3-5-18-4-1-2-6-21(18)22)26-13-15-27(16-14-26)24(29)19-8-10-20(11-9-19)25(30)31/h1-11H,12-17H2,(H,30,31). The highest BCUT2D eigenvalue weighted by molar-refractivity contribution is 5.96. The molecule has 7 nitrogen and oxygen atoms in total. The second-order valence-corrected chi connectivity index (χ2v) is 7.63. The number of aromatic carboxylic acids is 1. The number of carboxylic acid groups (broad SMARTS) is 1. The van der Waals surface area contributed by atoms with Crippen LogP contribution in [0.4, 0.5) is 0 Å². The molecule has 164 valence electrons. The predicted molar refractivity (Wildman–Crippen MR) is 120 cm³/mol. The van der Waals surface area contributed by atoms with Gasteiger partial charge < -0.3 is 19.6 Å². The quantitative estimate of drug-likeness (QED) is 0.646. The average molecular weight is 432 g/mol. The molecule has 3 aromatic rings. The van der Waals surface area contributed by atoms with Gasteiger partial charge in [-0.1, -0.05) is 36.4 Å². The van der Waals surface area contributed by atoms with Crippen molar-refractivity contribution in [1.29, 1.82) is 0 Å². The molecule has 1 heterocycles. The second kappa shape index (κ2) is 9.51. The van der Waals surface area contributed by atoms with Crippen molar-refractivity contribution in [2.24, 2.45) is 0 Å². The molecule has 0 atom stereocenters. The molecule has 32 heavy (non-hydrogen) atoms. The summed E-state index contributed by atoms with van der Waals surface area (Å²) in [5, 5.41) is 11.1. The summed E-state index contributed by atoms with van der Waals surface area (Å²) in [7, 11) is 0. The fourth-order valence-corrected chi connectivity index (χ4v) is 3.82. The van der Waals surface area contributed by atoms with Crippen LogP contribution in [0.5, 0.6) is 5.75 Å². The number of hydrogen-bond donors (Lipinski definition) is 1. The van der Waals surface area contributed by atoms with Crippen molar-refractivity contribution >= 4 is 28.6 Å². The SMILES string of the molecule is O=C(O)c1ccc(C(=O)N2CCN(C(=O)CCOc3cccc4ccccc34)CC2)cc1. The summed E-state index contributed by atoms with van der Waals surface area (Å²) in [5.41, 5.74) is 0.584. The summed E-state index contributed by atoms with van der Waals surface area (Å²) in [6.07, 6.45) is 0.272. The van der Waals surface area contributed by atoms with E-state index in [1.165, 1.54) is 24.3 Å². The normalized spacial score (nSPS) is 13.8. The van der Waals surface area contributed by atoms with Crippen molar-refractivity contribution in [3.05, 3.63) is 77.9 Å². The summed E-state index contributed by atoms with van der Waals surface area (Å²) in [4.78, 5) is 39.6. The highest BCUT2D eigenvalue weighted by Gasteiger charge is 2.25. The Morgan fingerprint density at radius 1 is 0.781 bits per heavy atom. The minimum atomic E-state index is -1.03. The first-order chi connectivity index (χ1) is 15.5. The van der Waals surface area contributed by atoms with Crippen LogP contribution in [0.25, 0.3) is 10.8 Å². The van der Waals surface area contributed by atoms with Crippen LogP contribution in [-0.2, 0) is 4.79 Å². The van der Waals surface area contributed by atoms with E-state index in [2.05, 4.69) is 0 Å². The summed E-state index contributed by atoms with van der Waals surface area (Å²) in [5.74, 6) is -0.419. The Kier molecular flexibility index (Phi) is 6.35. The van der Waals surface area contributed by atoms with Gasteiger partial charge in [0.05, 0.1) is 18.6 Å². The number of carbonyl (C=O) groups is 3. The zero-order chi connectivity index (χ0) is 22.5. The number of carbonyl (C=O) groups excluding carboxylic acids is 2. The predicted octanol–water partition coefficient (Wildman–Crippen LogP) is 3.29. The van der Waals surface area contributed by atoms with Crippen LogP contribution in [-0.4, -0.2) is 65.5 Å². The smallest absolute Gasteiger partial charge is 0.335 e. The number of amides is 2. The van der Waals surface area contributed by atoms with Gasteiger partial charge in [0, 0.05) is 37.1 Å². The summed E-state index contributed by atoms with van der Waals surface area (Å²) >= 11 is 0. The Bertz CT molecular complexity index is 1130. The molecule has 0 spiro atoms. The molecule has 0 bridgehead atoms. The summed E-state index contributed by atoms with van der Waals surface area (Å²) in [6, 6.07) is 19.7. The lowest BCUT2D eigenvalue weighted by atomic mass is 10.1. The fourth-order valence-electron chi connectivity index (χ4n) is 3.82. The number of fused-ring (bicyclic) bond motifs is 1. The molecule has 2 amide bonds. The van der Waals surface area contributed by atoms with Crippen molar-refractivity contribution in [2.45, 2.75) is 6.42 Å². The van der Waals surface area contributed by atoms with E-state index in [-0.39, 0.29) is 23.8 Å². The lowest BCUT2D eigenvalue weighted by molar-refractivity contribution is -0.133. The third kappa shape index (κ3) is 4.72. The molecule has 7 heteroatoms. The Balaban J connectivity index is 1.26. The van der Waals surface area contributed by atoms with E-state index < -0.39 is 5.97 Å². The monoisotopic (exact) mass is 432 g/mol. The molecule has 0 aliphatic carbocycles. The topological polar surface area (TPSA) is 87.2 Å². The van der Waals surface area contributed by atoms with Gasteiger partial charge in [0.2, 0.25) is 5.91 Å². The van der Waals surface area contributed by atoms with Gasteiger partial charge in [0.1, 0.15) is 5.75 Å². The second-order valence-electron chi connectivity index (χ2n) is 7.63. The Labute approximate surface area is 185 Å². The van der Waals surface area contributed by atoms with Crippen LogP contribution < -0.4 is 4.74 Å². The molecule has 1 N–H and O–H groups in total. The first-order valence-electron chi connectivity index (χ1n) is 10.5. The van der Waals surface area contributed by atoms with Crippen molar-refractivity contribution in [3.63, 3.8) is 0 Å². The van der Waals surface area contributed by atoms with Gasteiger partial charge >= 0.3 is 5.97 Å². The molecule has 0 saturated carbocycles. The molecule has 1 aliphatic heterocycles. The number of ether oxygens (including phenoxy) is 1. The van der Waals surface area contributed by atoms with E-state index in [1.54, 1.807) is 9.80 Å². The third-order valence-corrected chi connectivity index (χ3v) is 5.62. The molecule has 1 fully saturated rings. The van der Waals surface area contributed by atoms with Gasteiger partial charge in [0.15, 0.2) is 0 Å². The maximum absolute atomic E-state index is 12.6. The van der Waals surface area contributed by atoms with Gasteiger partial charge in [0.25, 0.3) is 5.91 Å². The van der Waals surface area contributed by atoms with E-state index in [0.717, 1.165) is 16.5 Å². The molecule has 0 aromatic heterocycles. The Hall–Kier alpha value is -3.87. The van der Waals surface area contributed by atoms with E-state index >= 15 is 0 Å². The van der Waals surface area contributed by atoms with E-state index in [9.17, 15) is 14.4 Å². The minimum Gasteiger partial charge on any atom is -0.492 e. The molecule has 1 aliphatic rings. The fraction of sp³-hybridized carbons (Fsp3) is 0.240. The van der Waals surface area contributed by atoms with Crippen molar-refractivity contribution in [1.82, 2.24) is 9.80 Å². The Morgan fingerprint density at radius 2 is 1.41 bits per heavy atom. The van der Waals surface area contributed by atoms with Crippen LogP contribution in [0.2, 0.25) is 0 Å². The molecule has 1 saturated heterocycles. The number of nitrogens with zero attached hydrogens (tertiary/aromatic N) is 2. The van der Waals surface area contributed by atoms with Crippen LogP contribution in [0.15, 0.2) is 66.7 Å². The highest BCUT2D eigenvalue weighted by atomic mass is 16.5. The number of rotatable bonds is 6. The number of hydrogen-bond acceptors (Lipinski definition) is 4. The summed E-state index contributed by atoms with van der Waals surface area (Å²) in [6.45, 7) is 2.10. The molecule has 0 unspecified atom stereocenters. The van der Waals surface area contributed by atoms with Crippen LogP contribution in [0.3, 0.4) is 0 Å². The summed E-state index contributed by atoms with van der Waals surface area (Å²) < 4.78 is 5.87. The van der Waals surface area contributed by atoms with Gasteiger partial charge in [-0.05, 0) is 35.7 Å². The van der Waals surface area contributed by atoms with Crippen LogP contribution >= 0.6 is 0 Å². The van der Waals surface area contributed by atoms with Gasteiger partial charge in [-0.25, -0.2) is 4.79 Å². The van der Waals surface area contributed by atoms with E-state index in [4.69, 9.17) is 9.84 Å². The van der Waals surface area contributed by atoms with Crippen LogP contribution in [0.1, 0.15) is 27.1 Å². The third-order valence-electron chi connectivity index (χ3n) is 5.62. The molecule has 0 radical (unpaired) electrons. The average Bonchev–Trinajstić information content (AvgIpc) is 2.84. The minimum absolute atomic E-state index is 0.00291. The lowest BCUT2D eigenvalue weighted by Gasteiger charge is -2.35. The maximum atomic E-state index is 12.6. The van der Waals surface area contributed by atoms with Crippen molar-refractivity contribution in [2.75, 3.05) is 32.8 Å². The first kappa shape index (κ1) is 21.4. The Morgan fingerprint density at radius 3 is 2.12 bits per heavy atom. The zero-order valence-corrected chi connectivity index (χ0v) is 17.6. The van der Waals surface area contributed by atoms with Gasteiger partial charge in [-0.15, -0.1) is 0 Å². The zero-order valence-electron chi connectivity index (χ0n) is 17.6. The van der Waals surface area contributed by atoms with E-state index in [0.29, 0.717) is 38.3 Å². The van der Waals surface area contributed by atoms with Crippen molar-refractivity contribution < 1.29 is 24.2 Å². The van der Waals surface area contributed by atoms with Crippen molar-refractivity contribution in [3.8, 4) is 5.75 Å². The first-order valence-corrected chi connectivity index (χ1v) is 10.5. The van der Waals surface area contributed by atoms with E-state index in [1.807, 2.05) is 42.5 Å². The molecular weight excluding hydrogens is 408 g/mol. The largest absolute Gasteiger partial charge is 0.492 e.